The second-order valence-corrected chi connectivity index (χ2v) is 9.99. The molecule has 5 rings (SSSR count). The molecule has 4 aromatic carbocycles. The molecule has 0 saturated carbocycles. The van der Waals surface area contributed by atoms with Crippen molar-refractivity contribution < 1.29 is 9.59 Å². The summed E-state index contributed by atoms with van der Waals surface area (Å²) in [4.78, 5) is 30.3. The van der Waals surface area contributed by atoms with Gasteiger partial charge in [0.05, 0.1) is 17.8 Å². The summed E-state index contributed by atoms with van der Waals surface area (Å²) in [6.45, 7) is 2.83. The van der Waals surface area contributed by atoms with Gasteiger partial charge >= 0.3 is 0 Å². The van der Waals surface area contributed by atoms with Crippen LogP contribution in [0.3, 0.4) is 0 Å². The van der Waals surface area contributed by atoms with Crippen molar-refractivity contribution in [1.82, 2.24) is 5.32 Å². The highest BCUT2D eigenvalue weighted by molar-refractivity contribution is 7.99. The first-order valence-electron chi connectivity index (χ1n) is 11.3. The van der Waals surface area contributed by atoms with Gasteiger partial charge < -0.3 is 10.2 Å². The van der Waals surface area contributed by atoms with Crippen molar-refractivity contribution in [2.75, 3.05) is 4.90 Å². The molecule has 0 bridgehead atoms. The maximum absolute atomic E-state index is 13.7. The van der Waals surface area contributed by atoms with Crippen LogP contribution in [0.4, 0.5) is 5.69 Å². The third-order valence-corrected chi connectivity index (χ3v) is 7.32. The number of benzene rings is 4. The third kappa shape index (κ3) is 5.11. The van der Waals surface area contributed by atoms with E-state index < -0.39 is 0 Å². The average molecular weight is 499 g/mol. The SMILES string of the molecule is Cc1ccc(CNC(=O)c2ccc3c(c2)N(Cc2ccc(Cl)cc2)C(=O)c2ccccc2S3)cc1. The van der Waals surface area contributed by atoms with Gasteiger partial charge in [-0.1, -0.05) is 77.5 Å². The van der Waals surface area contributed by atoms with Crippen LogP contribution in [0.2, 0.25) is 5.02 Å². The minimum Gasteiger partial charge on any atom is -0.348 e. The Morgan fingerprint density at radius 1 is 0.886 bits per heavy atom. The topological polar surface area (TPSA) is 49.4 Å². The van der Waals surface area contributed by atoms with Crippen molar-refractivity contribution >= 4 is 40.9 Å². The van der Waals surface area contributed by atoms with E-state index in [1.807, 2.05) is 97.9 Å². The quantitative estimate of drug-likeness (QED) is 0.326. The molecular weight excluding hydrogens is 476 g/mol. The summed E-state index contributed by atoms with van der Waals surface area (Å²) in [6, 6.07) is 28.7. The van der Waals surface area contributed by atoms with Gasteiger partial charge in [-0.15, -0.1) is 0 Å². The Morgan fingerprint density at radius 2 is 1.60 bits per heavy atom. The van der Waals surface area contributed by atoms with E-state index in [4.69, 9.17) is 11.6 Å². The molecule has 174 valence electrons. The van der Waals surface area contributed by atoms with Crippen molar-refractivity contribution in [3.63, 3.8) is 0 Å². The van der Waals surface area contributed by atoms with Gasteiger partial charge in [0.15, 0.2) is 0 Å². The number of fused-ring (bicyclic) bond motifs is 2. The molecule has 6 heteroatoms. The number of hydrogen-bond donors (Lipinski definition) is 1. The number of rotatable bonds is 5. The summed E-state index contributed by atoms with van der Waals surface area (Å²) in [5.74, 6) is -0.280. The van der Waals surface area contributed by atoms with E-state index in [1.54, 1.807) is 16.7 Å². The van der Waals surface area contributed by atoms with Gasteiger partial charge in [-0.05, 0) is 60.5 Å². The molecule has 0 radical (unpaired) electrons. The second-order valence-electron chi connectivity index (χ2n) is 8.47. The van der Waals surface area contributed by atoms with E-state index in [1.165, 1.54) is 5.56 Å². The van der Waals surface area contributed by atoms with Gasteiger partial charge in [-0.3, -0.25) is 9.59 Å². The highest BCUT2D eigenvalue weighted by Crippen LogP contribution is 2.42. The van der Waals surface area contributed by atoms with E-state index in [-0.39, 0.29) is 11.8 Å². The molecule has 35 heavy (non-hydrogen) atoms. The first-order valence-corrected chi connectivity index (χ1v) is 12.5. The van der Waals surface area contributed by atoms with Crippen LogP contribution < -0.4 is 10.2 Å². The molecule has 1 N–H and O–H groups in total. The Bertz CT molecular complexity index is 1400. The normalized spacial score (nSPS) is 12.5. The predicted octanol–water partition coefficient (Wildman–Crippen LogP) is 6.89. The summed E-state index contributed by atoms with van der Waals surface area (Å²) in [5, 5.41) is 3.64. The highest BCUT2D eigenvalue weighted by atomic mass is 35.5. The Kier molecular flexibility index (Phi) is 6.62. The Hall–Kier alpha value is -3.54. The average Bonchev–Trinajstić information content (AvgIpc) is 2.99. The predicted molar refractivity (Wildman–Crippen MR) is 141 cm³/mol. The molecule has 0 saturated heterocycles. The smallest absolute Gasteiger partial charge is 0.259 e. The molecule has 4 nitrogen and oxygen atoms in total. The number of amides is 2. The number of anilines is 1. The zero-order valence-electron chi connectivity index (χ0n) is 19.1. The molecule has 1 heterocycles. The summed E-state index contributed by atoms with van der Waals surface area (Å²) >= 11 is 7.61. The molecule has 0 unspecified atom stereocenters. The van der Waals surface area contributed by atoms with Crippen LogP contribution in [-0.4, -0.2) is 11.8 Å². The summed E-state index contributed by atoms with van der Waals surface area (Å²) < 4.78 is 0. The van der Waals surface area contributed by atoms with Gasteiger partial charge in [-0.2, -0.15) is 0 Å². The van der Waals surface area contributed by atoms with Crippen molar-refractivity contribution in [2.24, 2.45) is 0 Å². The first kappa shape index (κ1) is 23.2. The Labute approximate surface area is 213 Å². The van der Waals surface area contributed by atoms with Gasteiger partial charge in [0.1, 0.15) is 0 Å². The van der Waals surface area contributed by atoms with Crippen molar-refractivity contribution in [1.29, 1.82) is 0 Å². The maximum Gasteiger partial charge on any atom is 0.259 e. The Balaban J connectivity index is 1.48. The zero-order chi connectivity index (χ0) is 24.4. The molecule has 1 aliphatic heterocycles. The van der Waals surface area contributed by atoms with Crippen molar-refractivity contribution in [2.45, 2.75) is 29.8 Å². The first-order chi connectivity index (χ1) is 17.0. The van der Waals surface area contributed by atoms with Gasteiger partial charge in [0.25, 0.3) is 11.8 Å². The van der Waals surface area contributed by atoms with Gasteiger partial charge in [-0.25, -0.2) is 0 Å². The molecule has 2 amide bonds. The van der Waals surface area contributed by atoms with Crippen LogP contribution in [0.5, 0.6) is 0 Å². The molecule has 0 fully saturated rings. The Morgan fingerprint density at radius 3 is 2.37 bits per heavy atom. The number of nitrogens with one attached hydrogen (secondary N) is 1. The van der Waals surface area contributed by atoms with Gasteiger partial charge in [0, 0.05) is 26.9 Å². The van der Waals surface area contributed by atoms with Crippen LogP contribution in [0.25, 0.3) is 0 Å². The lowest BCUT2D eigenvalue weighted by molar-refractivity contribution is 0.0947. The molecule has 0 aromatic heterocycles. The van der Waals surface area contributed by atoms with Crippen LogP contribution >= 0.6 is 23.4 Å². The molecule has 0 aliphatic carbocycles. The van der Waals surface area contributed by atoms with Crippen LogP contribution in [0, 0.1) is 6.92 Å². The number of carbonyl (C=O) groups is 2. The third-order valence-electron chi connectivity index (χ3n) is 5.92. The van der Waals surface area contributed by atoms with E-state index in [2.05, 4.69) is 5.32 Å². The zero-order valence-corrected chi connectivity index (χ0v) is 20.7. The summed E-state index contributed by atoms with van der Waals surface area (Å²) in [7, 11) is 0. The minimum absolute atomic E-state index is 0.0981. The van der Waals surface area contributed by atoms with Crippen molar-refractivity contribution in [3.05, 3.63) is 124 Å². The van der Waals surface area contributed by atoms with E-state index >= 15 is 0 Å². The van der Waals surface area contributed by atoms with E-state index in [9.17, 15) is 9.59 Å². The standard InChI is InChI=1S/C29H23ClN2O2S/c1-19-6-8-20(9-7-19)17-31-28(33)22-12-15-27-25(16-22)32(18-21-10-13-23(30)14-11-21)29(34)24-4-2-3-5-26(24)35-27/h2-16H,17-18H2,1H3,(H,31,33). The monoisotopic (exact) mass is 498 g/mol. The second kappa shape index (κ2) is 9.98. The number of hydrogen-bond acceptors (Lipinski definition) is 3. The molecule has 4 aromatic rings. The number of nitrogens with zero attached hydrogens (tertiary/aromatic N) is 1. The van der Waals surface area contributed by atoms with Gasteiger partial charge in [0.2, 0.25) is 0 Å². The van der Waals surface area contributed by atoms with Crippen LogP contribution in [0.15, 0.2) is 101 Å². The maximum atomic E-state index is 13.7. The number of halogens is 1. The lowest BCUT2D eigenvalue weighted by Gasteiger charge is -2.24. The number of carbonyl (C=O) groups excluding carboxylic acids is 2. The molecule has 0 spiro atoms. The molecule has 0 atom stereocenters. The van der Waals surface area contributed by atoms with Crippen LogP contribution in [-0.2, 0) is 13.1 Å². The minimum atomic E-state index is -0.181. The fourth-order valence-corrected chi connectivity index (χ4v) is 5.17. The summed E-state index contributed by atoms with van der Waals surface area (Å²) in [6.07, 6.45) is 0. The fraction of sp³-hybridized carbons (Fsp3) is 0.103. The largest absolute Gasteiger partial charge is 0.348 e. The lowest BCUT2D eigenvalue weighted by Crippen LogP contribution is -2.31. The van der Waals surface area contributed by atoms with Crippen molar-refractivity contribution in [3.8, 4) is 0 Å². The van der Waals surface area contributed by atoms with E-state index in [0.717, 1.165) is 20.9 Å². The van der Waals surface area contributed by atoms with Crippen LogP contribution in [0.1, 0.15) is 37.4 Å². The van der Waals surface area contributed by atoms with E-state index in [0.29, 0.717) is 34.9 Å². The lowest BCUT2D eigenvalue weighted by atomic mass is 10.1. The fourth-order valence-electron chi connectivity index (χ4n) is 3.98. The number of aryl methyl sites for hydroxylation is 1. The summed E-state index contributed by atoms with van der Waals surface area (Å²) in [5.41, 5.74) is 5.03. The molecule has 1 aliphatic rings. The molecular formula is C29H23ClN2O2S. The highest BCUT2D eigenvalue weighted by Gasteiger charge is 2.28.